The van der Waals surface area contributed by atoms with E-state index >= 15 is 0 Å². The molecule has 3 heterocycles. The highest BCUT2D eigenvalue weighted by molar-refractivity contribution is 6.10. The monoisotopic (exact) mass is 662 g/mol. The van der Waals surface area contributed by atoms with Crippen LogP contribution in [0, 0.1) is 0 Å². The molecule has 2 fully saturated rings. The lowest BCUT2D eigenvalue weighted by Gasteiger charge is -2.74. The van der Waals surface area contributed by atoms with Gasteiger partial charge >= 0.3 is 12.2 Å². The van der Waals surface area contributed by atoms with Crippen molar-refractivity contribution in [2.45, 2.75) is 65.4 Å². The number of phenolic OH excluding ortho intramolecular Hbond substituents is 4. The molecular formula is C19H26N4O22. The highest BCUT2D eigenvalue weighted by atomic mass is 16.7. The Morgan fingerprint density at radius 1 is 0.689 bits per heavy atom. The summed E-state index contributed by atoms with van der Waals surface area (Å²) in [4.78, 5) is 11.8. The maximum Gasteiger partial charge on any atom is 0.389 e. The minimum Gasteiger partial charge on any atom is -0.504 e. The number of aliphatic hydroxyl groups is 17. The van der Waals surface area contributed by atoms with Crippen molar-refractivity contribution in [2.75, 3.05) is 0 Å². The van der Waals surface area contributed by atoms with E-state index in [0.717, 1.165) is 0 Å². The highest BCUT2D eigenvalue weighted by Gasteiger charge is 2.98. The maximum atomic E-state index is 13.4. The molecule has 22 N–H and O–H groups in total. The van der Waals surface area contributed by atoms with Crippen molar-refractivity contribution in [3.05, 3.63) is 5.69 Å². The standard InChI is InChI=1S/C19H26N4O22/c1-11(29)10(20-9(28)3-2-4(22(21-3)18(40,41)42)6(25)8(27)7(26)5(2)24)12(30,31)14(33)16(36,37)17(38,39)15(34,35)13(11,32)23(14)19(43,44)45/h10,24-27,29-45H,1H3,(H,20,28). The predicted molar refractivity (Wildman–Crippen MR) is 123 cm³/mol. The Morgan fingerprint density at radius 3 is 1.58 bits per heavy atom. The number of amides is 1. The van der Waals surface area contributed by atoms with E-state index in [4.69, 9.17) is 0 Å². The number of aromatic hydroxyl groups is 4. The van der Waals surface area contributed by atoms with E-state index in [2.05, 4.69) is 5.10 Å². The van der Waals surface area contributed by atoms with Crippen LogP contribution in [0.15, 0.2) is 0 Å². The number of carbonyl (C=O) groups excluding carboxylic acids is 1. The molecule has 0 spiro atoms. The fourth-order valence-corrected chi connectivity index (χ4v) is 5.64. The molecule has 1 aromatic heterocycles. The molecule has 1 aromatic carbocycles. The maximum absolute atomic E-state index is 13.4. The van der Waals surface area contributed by atoms with Crippen molar-refractivity contribution in [3.8, 4) is 23.0 Å². The number of rotatable bonds is 4. The van der Waals surface area contributed by atoms with Gasteiger partial charge in [-0.2, -0.15) is 14.7 Å². The third kappa shape index (κ3) is 3.56. The molecule has 0 saturated carbocycles. The summed E-state index contributed by atoms with van der Waals surface area (Å²) in [7, 11) is 0. The van der Waals surface area contributed by atoms with Crippen molar-refractivity contribution >= 4 is 16.8 Å². The summed E-state index contributed by atoms with van der Waals surface area (Å²) in [6.07, 6.45) is -9.38. The Morgan fingerprint density at radius 2 is 1.13 bits per heavy atom. The smallest absolute Gasteiger partial charge is 0.389 e. The topological polar surface area (TPSA) is 475 Å². The molecule has 1 amide bonds. The summed E-state index contributed by atoms with van der Waals surface area (Å²) >= 11 is 0. The second-order valence-electron chi connectivity index (χ2n) is 10.6. The molecule has 26 nitrogen and oxygen atoms in total. The number of fused-ring (bicyclic) bond motifs is 3. The molecule has 4 unspecified atom stereocenters. The SMILES string of the molecule is CC1(O)C(NC(=O)c2nn(C(O)(O)O)c3c(O)c(O)c(O)c(O)c23)C(O)(O)C2(O)N(C(O)(O)O)C1(O)C(O)(O)C(O)(O)C2(O)O. The van der Waals surface area contributed by atoms with Crippen LogP contribution in [-0.4, -0.2) is 180 Å². The van der Waals surface area contributed by atoms with Gasteiger partial charge in [-0.15, -0.1) is 0 Å². The first-order valence-electron chi connectivity index (χ1n) is 11.6. The van der Waals surface area contributed by atoms with E-state index in [1.54, 1.807) is 0 Å². The molecule has 2 aliphatic heterocycles. The Bertz CT molecular complexity index is 1560. The second kappa shape index (κ2) is 8.71. The van der Waals surface area contributed by atoms with Gasteiger partial charge in [0.25, 0.3) is 23.3 Å². The number of piperidine rings is 2. The number of hydrogen-bond donors (Lipinski definition) is 22. The molecule has 2 aliphatic rings. The lowest BCUT2D eigenvalue weighted by atomic mass is 9.57. The van der Waals surface area contributed by atoms with Crippen molar-refractivity contribution in [3.63, 3.8) is 0 Å². The minimum absolute atomic E-state index is 0.0272. The molecular weight excluding hydrogens is 636 g/mol. The second-order valence-corrected chi connectivity index (χ2v) is 10.6. The quantitative estimate of drug-likeness (QED) is 0.0820. The summed E-state index contributed by atoms with van der Waals surface area (Å²) in [6.45, 7) is -0.0272. The van der Waals surface area contributed by atoms with Crippen molar-refractivity contribution < 1.29 is 112 Å². The molecule has 0 aliphatic carbocycles. The van der Waals surface area contributed by atoms with Crippen molar-refractivity contribution in [2.24, 2.45) is 0 Å². The van der Waals surface area contributed by atoms with Crippen LogP contribution in [0.1, 0.15) is 17.4 Å². The van der Waals surface area contributed by atoms with E-state index in [-0.39, 0.29) is 6.92 Å². The Balaban J connectivity index is 2.06. The van der Waals surface area contributed by atoms with Gasteiger partial charge in [0.05, 0.1) is 5.39 Å². The lowest BCUT2D eigenvalue weighted by Crippen LogP contribution is -3.07. The molecule has 2 saturated heterocycles. The fraction of sp³-hybridized carbons (Fsp3) is 0.579. The first-order valence-corrected chi connectivity index (χ1v) is 11.6. The van der Waals surface area contributed by atoms with E-state index in [1.165, 1.54) is 5.32 Å². The zero-order valence-electron chi connectivity index (χ0n) is 21.7. The zero-order chi connectivity index (χ0) is 35.3. The van der Waals surface area contributed by atoms with Crippen LogP contribution in [0.2, 0.25) is 0 Å². The predicted octanol–water partition coefficient (Wildman–Crippen LogP) is -11.7. The summed E-state index contributed by atoms with van der Waals surface area (Å²) < 4.78 is -0.532. The van der Waals surface area contributed by atoms with Gasteiger partial charge in [-0.05, 0) is 6.92 Å². The van der Waals surface area contributed by atoms with Crippen LogP contribution in [0.3, 0.4) is 0 Å². The number of hydrogen-bond acceptors (Lipinski definition) is 24. The van der Waals surface area contributed by atoms with E-state index in [9.17, 15) is 112 Å². The summed E-state index contributed by atoms with van der Waals surface area (Å²) in [5, 5.41) is 220. The molecule has 45 heavy (non-hydrogen) atoms. The molecule has 26 heteroatoms. The minimum atomic E-state index is -5.43. The van der Waals surface area contributed by atoms with Crippen LogP contribution in [-0.2, 0) is 6.10 Å². The Hall–Kier alpha value is -3.36. The highest BCUT2D eigenvalue weighted by Crippen LogP contribution is 2.63. The third-order valence-electron chi connectivity index (χ3n) is 7.87. The largest absolute Gasteiger partial charge is 0.504 e. The van der Waals surface area contributed by atoms with Gasteiger partial charge in [-0.3, -0.25) is 4.79 Å². The molecule has 0 radical (unpaired) electrons. The zero-order valence-corrected chi connectivity index (χ0v) is 21.7. The van der Waals surface area contributed by atoms with Crippen LogP contribution in [0.5, 0.6) is 23.0 Å². The van der Waals surface area contributed by atoms with Gasteiger partial charge < -0.3 is 113 Å². The van der Waals surface area contributed by atoms with Gasteiger partial charge in [-0.1, -0.05) is 0 Å². The normalized spacial score (nSPS) is 32.4. The third-order valence-corrected chi connectivity index (χ3v) is 7.87. The van der Waals surface area contributed by atoms with Crippen LogP contribution in [0.4, 0.5) is 0 Å². The Labute approximate surface area is 243 Å². The lowest BCUT2D eigenvalue weighted by molar-refractivity contribution is -0.659. The number of phenols is 4. The van der Waals surface area contributed by atoms with E-state index in [1.807, 2.05) is 0 Å². The molecule has 4 atom stereocenters. The van der Waals surface area contributed by atoms with E-state index < -0.39 is 114 Å². The summed E-state index contributed by atoms with van der Waals surface area (Å²) in [6, 6.07) is -3.59. The molecule has 4 rings (SSSR count). The Kier molecular flexibility index (Phi) is 6.68. The number of nitrogens with one attached hydrogen (secondary N) is 1. The first-order chi connectivity index (χ1) is 19.8. The fourth-order valence-electron chi connectivity index (χ4n) is 5.64. The summed E-state index contributed by atoms with van der Waals surface area (Å²) in [5.41, 5.74) is -17.6. The van der Waals surface area contributed by atoms with Gasteiger partial charge in [0.1, 0.15) is 17.2 Å². The van der Waals surface area contributed by atoms with Crippen molar-refractivity contribution in [1.82, 2.24) is 20.0 Å². The number of aromatic nitrogens is 2. The van der Waals surface area contributed by atoms with Crippen LogP contribution in [0.25, 0.3) is 10.9 Å². The van der Waals surface area contributed by atoms with Gasteiger partial charge in [0.15, 0.2) is 17.2 Å². The first kappa shape index (κ1) is 34.5. The van der Waals surface area contributed by atoms with Gasteiger partial charge in [0, 0.05) is 0 Å². The van der Waals surface area contributed by atoms with Gasteiger partial charge in [-0.25, -0.2) is 0 Å². The van der Waals surface area contributed by atoms with E-state index in [0.29, 0.717) is 0 Å². The van der Waals surface area contributed by atoms with Crippen LogP contribution >= 0.6 is 0 Å². The average Bonchev–Trinajstić information content (AvgIpc) is 3.28. The number of nitrogens with zero attached hydrogens (tertiary/aromatic N) is 3. The average molecular weight is 662 g/mol. The van der Waals surface area contributed by atoms with Crippen molar-refractivity contribution in [1.29, 1.82) is 0 Å². The number of carbonyl (C=O) groups is 1. The van der Waals surface area contributed by atoms with Crippen LogP contribution < -0.4 is 5.32 Å². The van der Waals surface area contributed by atoms with Gasteiger partial charge in [0.2, 0.25) is 28.7 Å². The number of benzene rings is 1. The molecule has 254 valence electrons. The molecule has 2 aromatic rings. The molecule has 2 bridgehead atoms. The summed E-state index contributed by atoms with van der Waals surface area (Å²) in [5.74, 6) is -29.8.